The van der Waals surface area contributed by atoms with Gasteiger partial charge in [0.2, 0.25) is 5.91 Å². The lowest BCUT2D eigenvalue weighted by atomic mass is 9.95. The first kappa shape index (κ1) is 19.0. The Morgan fingerprint density at radius 2 is 2.28 bits per heavy atom. The van der Waals surface area contributed by atoms with E-state index >= 15 is 0 Å². The molecule has 25 heavy (non-hydrogen) atoms. The second kappa shape index (κ2) is 8.31. The maximum atomic E-state index is 12.7. The molecule has 1 aromatic heterocycles. The first-order chi connectivity index (χ1) is 11.7. The topological polar surface area (TPSA) is 57.3 Å². The van der Waals surface area contributed by atoms with Crippen molar-refractivity contribution >= 4 is 60.9 Å². The average molecular weight is 446 g/mol. The summed E-state index contributed by atoms with van der Waals surface area (Å²) in [5.41, 5.74) is 0.917. The molecule has 0 saturated carbocycles. The van der Waals surface area contributed by atoms with Gasteiger partial charge in [0.25, 0.3) is 0 Å². The van der Waals surface area contributed by atoms with Gasteiger partial charge in [-0.1, -0.05) is 17.4 Å². The number of nitrogens with zero attached hydrogens (tertiary/aromatic N) is 2. The minimum atomic E-state index is 0. The van der Waals surface area contributed by atoms with Gasteiger partial charge in [-0.2, -0.15) is 0 Å². The molecule has 1 aromatic carbocycles. The number of fused-ring (bicyclic) bond motifs is 1. The van der Waals surface area contributed by atoms with Gasteiger partial charge in [-0.15, -0.1) is 12.4 Å². The molecule has 2 saturated heterocycles. The van der Waals surface area contributed by atoms with Gasteiger partial charge < -0.3 is 10.6 Å². The van der Waals surface area contributed by atoms with Crippen LogP contribution in [0.5, 0.6) is 0 Å². The van der Waals surface area contributed by atoms with E-state index in [9.17, 15) is 4.79 Å². The first-order valence-electron chi connectivity index (χ1n) is 8.51. The summed E-state index contributed by atoms with van der Waals surface area (Å²) in [6, 6.07) is 6.59. The molecule has 0 bridgehead atoms. The van der Waals surface area contributed by atoms with Crippen LogP contribution in [0, 0.1) is 5.92 Å². The highest BCUT2D eigenvalue weighted by Gasteiger charge is 2.31. The zero-order valence-electron chi connectivity index (χ0n) is 13.8. The van der Waals surface area contributed by atoms with Crippen LogP contribution in [-0.4, -0.2) is 48.0 Å². The first-order valence-corrected chi connectivity index (χ1v) is 10.1. The summed E-state index contributed by atoms with van der Waals surface area (Å²) in [5, 5.41) is 7.16. The number of aromatic nitrogens is 1. The van der Waals surface area contributed by atoms with E-state index in [0.29, 0.717) is 11.2 Å². The van der Waals surface area contributed by atoms with Crippen LogP contribution in [0.2, 0.25) is 0 Å². The normalized spacial score (nSPS) is 24.2. The van der Waals surface area contributed by atoms with Gasteiger partial charge in [0.05, 0.1) is 16.1 Å². The number of amides is 1. The number of hydrogen-bond donors (Lipinski definition) is 2. The molecule has 8 heteroatoms. The summed E-state index contributed by atoms with van der Waals surface area (Å²) in [4.78, 5) is 19.7. The summed E-state index contributed by atoms with van der Waals surface area (Å²) < 4.78 is 2.05. The number of thiazole rings is 1. The lowest BCUT2D eigenvalue weighted by Gasteiger charge is -2.35. The molecule has 0 spiro atoms. The molecule has 2 fully saturated rings. The number of rotatable bonds is 3. The minimum absolute atomic E-state index is 0. The van der Waals surface area contributed by atoms with Crippen LogP contribution in [-0.2, 0) is 4.79 Å². The van der Waals surface area contributed by atoms with Crippen molar-refractivity contribution < 1.29 is 4.79 Å². The molecular formula is C17H22BrClN4OS. The zero-order chi connectivity index (χ0) is 16.5. The minimum Gasteiger partial charge on any atom is -0.315 e. The fourth-order valence-corrected chi connectivity index (χ4v) is 5.16. The van der Waals surface area contributed by atoms with Crippen molar-refractivity contribution in [1.82, 2.24) is 15.2 Å². The number of carbonyl (C=O) groups excluding carboxylic acids is 1. The van der Waals surface area contributed by atoms with E-state index in [0.717, 1.165) is 53.7 Å². The Morgan fingerprint density at radius 3 is 3.04 bits per heavy atom. The van der Waals surface area contributed by atoms with Gasteiger partial charge in [-0.25, -0.2) is 4.98 Å². The molecule has 5 nitrogen and oxygen atoms in total. The number of piperidine rings is 1. The third kappa shape index (κ3) is 4.17. The van der Waals surface area contributed by atoms with Crippen LogP contribution in [0.25, 0.3) is 10.2 Å². The Bertz CT molecular complexity index is 749. The number of anilines is 1. The third-order valence-electron chi connectivity index (χ3n) is 4.97. The summed E-state index contributed by atoms with van der Waals surface area (Å²) in [7, 11) is 0. The fraction of sp³-hybridized carbons (Fsp3) is 0.529. The molecule has 136 valence electrons. The molecule has 4 rings (SSSR count). The van der Waals surface area contributed by atoms with E-state index in [2.05, 4.69) is 36.4 Å². The van der Waals surface area contributed by atoms with Crippen LogP contribution in [0.1, 0.15) is 19.3 Å². The van der Waals surface area contributed by atoms with Gasteiger partial charge in [-0.05, 0) is 60.4 Å². The van der Waals surface area contributed by atoms with E-state index in [1.54, 1.807) is 0 Å². The highest BCUT2D eigenvalue weighted by molar-refractivity contribution is 9.10. The maximum absolute atomic E-state index is 12.7. The third-order valence-corrected chi connectivity index (χ3v) is 6.55. The lowest BCUT2D eigenvalue weighted by Crippen LogP contribution is -2.46. The number of likely N-dealkylation sites (tertiary alicyclic amines) is 1. The number of nitrogens with one attached hydrogen (secondary N) is 2. The van der Waals surface area contributed by atoms with Crippen LogP contribution in [0.15, 0.2) is 22.7 Å². The monoisotopic (exact) mass is 444 g/mol. The molecule has 0 radical (unpaired) electrons. The van der Waals surface area contributed by atoms with E-state index in [1.165, 1.54) is 17.8 Å². The molecule has 2 unspecified atom stereocenters. The summed E-state index contributed by atoms with van der Waals surface area (Å²) >= 11 is 5.05. The molecule has 0 aliphatic carbocycles. The van der Waals surface area contributed by atoms with Crippen molar-refractivity contribution in [3.05, 3.63) is 22.7 Å². The van der Waals surface area contributed by atoms with Crippen LogP contribution < -0.4 is 10.6 Å². The van der Waals surface area contributed by atoms with Crippen LogP contribution in [0.4, 0.5) is 5.13 Å². The second-order valence-electron chi connectivity index (χ2n) is 6.58. The smallest absolute Gasteiger partial charge is 0.230 e. The molecule has 2 aromatic rings. The average Bonchev–Trinajstić information content (AvgIpc) is 3.25. The fourth-order valence-electron chi connectivity index (χ4n) is 3.68. The summed E-state index contributed by atoms with van der Waals surface area (Å²) in [6.07, 6.45) is 3.26. The standard InChI is InChI=1S/C17H21BrN4OS.ClH/c18-13-4-1-5-14-15(13)20-17(24-14)21-16(23)11-3-2-8-22(10-11)12-6-7-19-9-12;/h1,4-5,11-12,19H,2-3,6-10H2,(H,20,21,23);1H. The predicted molar refractivity (Wildman–Crippen MR) is 109 cm³/mol. The Balaban J connectivity index is 0.00000182. The van der Waals surface area contributed by atoms with Crippen molar-refractivity contribution in [3.63, 3.8) is 0 Å². The molecule has 3 heterocycles. The number of hydrogen-bond acceptors (Lipinski definition) is 5. The molecule has 2 N–H and O–H groups in total. The summed E-state index contributed by atoms with van der Waals surface area (Å²) in [5.74, 6) is 0.177. The van der Waals surface area contributed by atoms with Crippen molar-refractivity contribution in [1.29, 1.82) is 0 Å². The number of halogens is 2. The Morgan fingerprint density at radius 1 is 1.40 bits per heavy atom. The highest BCUT2D eigenvalue weighted by atomic mass is 79.9. The van der Waals surface area contributed by atoms with E-state index in [1.807, 2.05) is 18.2 Å². The van der Waals surface area contributed by atoms with Crippen molar-refractivity contribution in [2.75, 3.05) is 31.5 Å². The van der Waals surface area contributed by atoms with Gasteiger partial charge in [0, 0.05) is 23.6 Å². The quantitative estimate of drug-likeness (QED) is 0.759. The van der Waals surface area contributed by atoms with Gasteiger partial charge in [0.1, 0.15) is 0 Å². The van der Waals surface area contributed by atoms with E-state index in [4.69, 9.17) is 0 Å². The van der Waals surface area contributed by atoms with Crippen LogP contribution >= 0.6 is 39.7 Å². The Hall–Kier alpha value is -0.730. The van der Waals surface area contributed by atoms with Crippen molar-refractivity contribution in [2.45, 2.75) is 25.3 Å². The molecule has 1 amide bonds. The van der Waals surface area contributed by atoms with Gasteiger partial charge in [0.15, 0.2) is 5.13 Å². The molecule has 2 aliphatic rings. The molecule has 2 atom stereocenters. The van der Waals surface area contributed by atoms with E-state index < -0.39 is 0 Å². The second-order valence-corrected chi connectivity index (χ2v) is 8.46. The highest BCUT2D eigenvalue weighted by Crippen LogP contribution is 2.31. The summed E-state index contributed by atoms with van der Waals surface area (Å²) in [6.45, 7) is 4.13. The predicted octanol–water partition coefficient (Wildman–Crippen LogP) is 3.49. The number of carbonyl (C=O) groups is 1. The molecular weight excluding hydrogens is 424 g/mol. The van der Waals surface area contributed by atoms with Gasteiger partial charge in [-0.3, -0.25) is 9.69 Å². The molecule has 2 aliphatic heterocycles. The Labute approximate surface area is 166 Å². The van der Waals surface area contributed by atoms with Gasteiger partial charge >= 0.3 is 0 Å². The lowest BCUT2D eigenvalue weighted by molar-refractivity contribution is -0.121. The Kier molecular flexibility index (Phi) is 6.33. The van der Waals surface area contributed by atoms with E-state index in [-0.39, 0.29) is 24.2 Å². The maximum Gasteiger partial charge on any atom is 0.230 e. The van der Waals surface area contributed by atoms with Crippen molar-refractivity contribution in [2.24, 2.45) is 5.92 Å². The number of para-hydroxylation sites is 1. The SMILES string of the molecule is Cl.O=C(Nc1nc2c(Br)cccc2s1)C1CCCN(C2CCNC2)C1. The van der Waals surface area contributed by atoms with Crippen LogP contribution in [0.3, 0.4) is 0 Å². The van der Waals surface area contributed by atoms with Crippen molar-refractivity contribution in [3.8, 4) is 0 Å². The number of benzene rings is 1. The largest absolute Gasteiger partial charge is 0.315 e. The zero-order valence-corrected chi connectivity index (χ0v) is 17.1.